The topological polar surface area (TPSA) is 75.6 Å². The average Bonchev–Trinajstić information content (AvgIpc) is 2.81. The summed E-state index contributed by atoms with van der Waals surface area (Å²) in [7, 11) is 0. The zero-order valence-electron chi connectivity index (χ0n) is 18.7. The largest absolute Gasteiger partial charge is 0.461 e. The first-order valence-corrected chi connectivity index (χ1v) is 11.1. The summed E-state index contributed by atoms with van der Waals surface area (Å²) >= 11 is 5.83. The third kappa shape index (κ3) is 4.61. The summed E-state index contributed by atoms with van der Waals surface area (Å²) in [5.74, 6) is -0.872. The van der Waals surface area contributed by atoms with Gasteiger partial charge in [0.2, 0.25) is 0 Å². The molecule has 0 aliphatic carbocycles. The number of amides is 1. The number of carbonyl (C=O) groups is 2. The molecule has 0 saturated carbocycles. The van der Waals surface area contributed by atoms with Gasteiger partial charge in [0, 0.05) is 31.7 Å². The number of hydrogen-bond donors (Lipinski definition) is 0. The van der Waals surface area contributed by atoms with Gasteiger partial charge in [0.1, 0.15) is 5.82 Å². The van der Waals surface area contributed by atoms with E-state index >= 15 is 0 Å². The summed E-state index contributed by atoms with van der Waals surface area (Å²) in [4.78, 5) is 38.4. The van der Waals surface area contributed by atoms with Crippen LogP contribution < -0.4 is 4.90 Å². The Bertz CT molecular complexity index is 1240. The van der Waals surface area contributed by atoms with Gasteiger partial charge in [-0.15, -0.1) is 0 Å². The maximum atomic E-state index is 13.4. The molecule has 4 rings (SSSR count). The van der Waals surface area contributed by atoms with E-state index in [1.165, 1.54) is 18.2 Å². The number of carbonyl (C=O) groups excluding carboxylic acids is 2. The van der Waals surface area contributed by atoms with Crippen molar-refractivity contribution >= 4 is 40.3 Å². The molecule has 0 N–H and O–H groups in total. The molecule has 0 unspecified atom stereocenters. The molecule has 3 aromatic rings. The first kappa shape index (κ1) is 22.9. The van der Waals surface area contributed by atoms with Crippen molar-refractivity contribution in [2.24, 2.45) is 0 Å². The quantitative estimate of drug-likeness (QED) is 0.532. The number of esters is 1. The van der Waals surface area contributed by atoms with Crippen molar-refractivity contribution in [1.29, 1.82) is 0 Å². The Morgan fingerprint density at radius 1 is 1.03 bits per heavy atom. The lowest BCUT2D eigenvalue weighted by atomic mass is 10.1. The molecule has 1 aliphatic heterocycles. The standard InChI is InChI=1S/C24H24ClFN4O3/c1-4-33-24(32)21-22(28-20-12-15(3)14(2)11-19(20)27-21)29-7-9-30(10-8-29)23(31)16-5-6-18(26)17(25)13-16/h5-6,11-13H,4,7-10H2,1-3H3. The second kappa shape index (κ2) is 9.31. The molecule has 9 heteroatoms. The Labute approximate surface area is 196 Å². The Morgan fingerprint density at radius 3 is 2.27 bits per heavy atom. The Morgan fingerprint density at radius 2 is 1.67 bits per heavy atom. The third-order valence-corrected chi connectivity index (χ3v) is 6.05. The maximum Gasteiger partial charge on any atom is 0.360 e. The number of benzene rings is 2. The number of anilines is 1. The summed E-state index contributed by atoms with van der Waals surface area (Å²) in [6, 6.07) is 7.81. The van der Waals surface area contributed by atoms with E-state index < -0.39 is 11.8 Å². The zero-order chi connectivity index (χ0) is 23.7. The van der Waals surface area contributed by atoms with Crippen LogP contribution in [0, 0.1) is 19.7 Å². The van der Waals surface area contributed by atoms with Gasteiger partial charge in [-0.3, -0.25) is 4.79 Å². The van der Waals surface area contributed by atoms with Gasteiger partial charge < -0.3 is 14.5 Å². The minimum atomic E-state index is -0.565. The van der Waals surface area contributed by atoms with E-state index in [1.54, 1.807) is 11.8 Å². The van der Waals surface area contributed by atoms with E-state index in [0.29, 0.717) is 48.6 Å². The molecule has 0 radical (unpaired) electrons. The van der Waals surface area contributed by atoms with Crippen LogP contribution in [0.2, 0.25) is 5.02 Å². The highest BCUT2D eigenvalue weighted by molar-refractivity contribution is 6.31. The van der Waals surface area contributed by atoms with Crippen LogP contribution in [-0.4, -0.2) is 59.5 Å². The normalized spacial score (nSPS) is 14.0. The van der Waals surface area contributed by atoms with Crippen LogP contribution in [0.1, 0.15) is 38.9 Å². The maximum absolute atomic E-state index is 13.4. The molecule has 1 aliphatic rings. The molecule has 33 heavy (non-hydrogen) atoms. The lowest BCUT2D eigenvalue weighted by molar-refractivity contribution is 0.0519. The van der Waals surface area contributed by atoms with Crippen LogP contribution in [0.4, 0.5) is 10.2 Å². The van der Waals surface area contributed by atoms with Gasteiger partial charge in [-0.25, -0.2) is 19.2 Å². The van der Waals surface area contributed by atoms with Crippen molar-refractivity contribution in [3.05, 3.63) is 63.6 Å². The van der Waals surface area contributed by atoms with Crippen LogP contribution in [0.5, 0.6) is 0 Å². The highest BCUT2D eigenvalue weighted by atomic mass is 35.5. The van der Waals surface area contributed by atoms with Crippen LogP contribution in [-0.2, 0) is 4.74 Å². The SMILES string of the molecule is CCOC(=O)c1nc2cc(C)c(C)cc2nc1N1CCN(C(=O)c2ccc(F)c(Cl)c2)CC1. The molecule has 0 bridgehead atoms. The van der Waals surface area contributed by atoms with Crippen LogP contribution >= 0.6 is 11.6 Å². The number of hydrogen-bond acceptors (Lipinski definition) is 6. The summed E-state index contributed by atoms with van der Waals surface area (Å²) in [6.07, 6.45) is 0. The number of ether oxygens (including phenoxy) is 1. The average molecular weight is 471 g/mol. The molecule has 1 fully saturated rings. The van der Waals surface area contributed by atoms with Gasteiger partial charge in [-0.05, 0) is 62.2 Å². The fourth-order valence-electron chi connectivity index (χ4n) is 3.79. The van der Waals surface area contributed by atoms with Gasteiger partial charge in [-0.2, -0.15) is 0 Å². The van der Waals surface area contributed by atoms with E-state index in [1.807, 2.05) is 30.9 Å². The van der Waals surface area contributed by atoms with Crippen LogP contribution in [0.15, 0.2) is 30.3 Å². The van der Waals surface area contributed by atoms with Crippen LogP contribution in [0.3, 0.4) is 0 Å². The molecule has 1 amide bonds. The third-order valence-electron chi connectivity index (χ3n) is 5.76. The van der Waals surface area contributed by atoms with Crippen molar-refractivity contribution in [1.82, 2.24) is 14.9 Å². The van der Waals surface area contributed by atoms with Gasteiger partial charge in [0.05, 0.1) is 22.7 Å². The van der Waals surface area contributed by atoms with Crippen molar-refractivity contribution < 1.29 is 18.7 Å². The van der Waals surface area contributed by atoms with Crippen molar-refractivity contribution in [3.63, 3.8) is 0 Å². The smallest absolute Gasteiger partial charge is 0.360 e. The number of aromatic nitrogens is 2. The van der Waals surface area contributed by atoms with Crippen molar-refractivity contribution in [3.8, 4) is 0 Å². The summed E-state index contributed by atoms with van der Waals surface area (Å²) in [5.41, 5.74) is 3.97. The molecule has 0 spiro atoms. The number of fused-ring (bicyclic) bond motifs is 1. The fraction of sp³-hybridized carbons (Fsp3) is 0.333. The van der Waals surface area contributed by atoms with Gasteiger partial charge in [-0.1, -0.05) is 11.6 Å². The minimum Gasteiger partial charge on any atom is -0.461 e. The predicted octanol–water partition coefficient (Wildman–Crippen LogP) is 4.18. The minimum absolute atomic E-state index is 0.0875. The molecule has 172 valence electrons. The van der Waals surface area contributed by atoms with Gasteiger partial charge in [0.15, 0.2) is 11.5 Å². The van der Waals surface area contributed by atoms with Crippen LogP contribution in [0.25, 0.3) is 11.0 Å². The molecule has 1 saturated heterocycles. The molecule has 1 aromatic heterocycles. The molecular formula is C24H24ClFN4O3. The fourth-order valence-corrected chi connectivity index (χ4v) is 3.97. The first-order valence-electron chi connectivity index (χ1n) is 10.7. The zero-order valence-corrected chi connectivity index (χ0v) is 19.4. The van der Waals surface area contributed by atoms with E-state index in [9.17, 15) is 14.0 Å². The van der Waals surface area contributed by atoms with Crippen molar-refractivity contribution in [2.75, 3.05) is 37.7 Å². The Hall–Kier alpha value is -3.26. The highest BCUT2D eigenvalue weighted by Gasteiger charge is 2.28. The van der Waals surface area contributed by atoms with E-state index in [4.69, 9.17) is 21.3 Å². The molecule has 2 heterocycles. The highest BCUT2D eigenvalue weighted by Crippen LogP contribution is 2.25. The lowest BCUT2D eigenvalue weighted by Gasteiger charge is -2.36. The molecule has 0 atom stereocenters. The van der Waals surface area contributed by atoms with E-state index in [0.717, 1.165) is 11.1 Å². The lowest BCUT2D eigenvalue weighted by Crippen LogP contribution is -2.49. The molecule has 2 aromatic carbocycles. The second-order valence-corrected chi connectivity index (χ2v) is 8.36. The Balaban J connectivity index is 1.60. The first-order chi connectivity index (χ1) is 15.8. The summed E-state index contributed by atoms with van der Waals surface area (Å²) in [5, 5.41) is -0.0875. The Kier molecular flexibility index (Phi) is 6.47. The number of aryl methyl sites for hydroxylation is 2. The number of halogens is 2. The number of rotatable bonds is 4. The number of piperazine rings is 1. The van der Waals surface area contributed by atoms with Gasteiger partial charge in [0.25, 0.3) is 5.91 Å². The molecular weight excluding hydrogens is 447 g/mol. The number of nitrogens with zero attached hydrogens (tertiary/aromatic N) is 4. The molecule has 7 nitrogen and oxygen atoms in total. The predicted molar refractivity (Wildman–Crippen MR) is 124 cm³/mol. The monoisotopic (exact) mass is 470 g/mol. The van der Waals surface area contributed by atoms with Gasteiger partial charge >= 0.3 is 5.97 Å². The summed E-state index contributed by atoms with van der Waals surface area (Å²) in [6.45, 7) is 7.68. The van der Waals surface area contributed by atoms with E-state index in [-0.39, 0.29) is 23.2 Å². The summed E-state index contributed by atoms with van der Waals surface area (Å²) < 4.78 is 18.7. The van der Waals surface area contributed by atoms with Crippen molar-refractivity contribution in [2.45, 2.75) is 20.8 Å². The second-order valence-electron chi connectivity index (χ2n) is 7.95. The van der Waals surface area contributed by atoms with E-state index in [2.05, 4.69) is 4.98 Å².